The Hall–Kier alpha value is -2.11. The molecular formula is C79H147NO8. The maximum Gasteiger partial charge on any atom is 0.220 e. The number of unbranched alkanes of at least 4 members (excludes halogenated alkanes) is 48. The van der Waals surface area contributed by atoms with Crippen LogP contribution in [0.3, 0.4) is 0 Å². The Morgan fingerprint density at radius 2 is 0.705 bits per heavy atom. The molecule has 0 aromatic rings. The Morgan fingerprint density at radius 3 is 1.05 bits per heavy atom. The summed E-state index contributed by atoms with van der Waals surface area (Å²) in [4.78, 5) is 13.2. The number of hydrogen-bond donors (Lipinski definition) is 6. The quantitative estimate of drug-likeness (QED) is 0.0261. The smallest absolute Gasteiger partial charge is 0.220 e. The van der Waals surface area contributed by atoms with E-state index in [0.717, 1.165) is 70.6 Å². The Labute approximate surface area is 545 Å². The molecule has 9 nitrogen and oxygen atoms in total. The van der Waals surface area contributed by atoms with Crippen molar-refractivity contribution in [2.24, 2.45) is 0 Å². The molecule has 0 aromatic carbocycles. The van der Waals surface area contributed by atoms with Crippen LogP contribution in [0.4, 0.5) is 0 Å². The molecule has 7 atom stereocenters. The Morgan fingerprint density at radius 1 is 0.398 bits per heavy atom. The van der Waals surface area contributed by atoms with Crippen LogP contribution in [0.15, 0.2) is 60.8 Å². The summed E-state index contributed by atoms with van der Waals surface area (Å²) in [7, 11) is 0. The average molecular weight is 1240 g/mol. The molecule has 88 heavy (non-hydrogen) atoms. The maximum atomic E-state index is 13.2. The lowest BCUT2D eigenvalue weighted by atomic mass is 9.99. The van der Waals surface area contributed by atoms with Gasteiger partial charge in [-0.2, -0.15) is 0 Å². The van der Waals surface area contributed by atoms with Crippen molar-refractivity contribution in [2.75, 3.05) is 13.2 Å². The minimum absolute atomic E-state index is 0.135. The van der Waals surface area contributed by atoms with Gasteiger partial charge in [0.05, 0.1) is 25.4 Å². The number of amides is 1. The van der Waals surface area contributed by atoms with E-state index in [0.29, 0.717) is 12.8 Å². The van der Waals surface area contributed by atoms with Crippen LogP contribution in [0.5, 0.6) is 0 Å². The van der Waals surface area contributed by atoms with E-state index >= 15 is 0 Å². The summed E-state index contributed by atoms with van der Waals surface area (Å²) in [5.41, 5.74) is 0. The topological polar surface area (TPSA) is 149 Å². The van der Waals surface area contributed by atoms with E-state index < -0.39 is 49.5 Å². The first-order valence-corrected chi connectivity index (χ1v) is 38.5. The number of carbonyl (C=O) groups excluding carboxylic acids is 1. The van der Waals surface area contributed by atoms with E-state index in [1.807, 2.05) is 0 Å². The number of ether oxygens (including phenoxy) is 2. The summed E-state index contributed by atoms with van der Waals surface area (Å²) < 4.78 is 11.4. The van der Waals surface area contributed by atoms with Gasteiger partial charge in [0, 0.05) is 6.42 Å². The zero-order valence-corrected chi connectivity index (χ0v) is 58.0. The average Bonchev–Trinajstić information content (AvgIpc) is 3.29. The molecule has 0 aliphatic carbocycles. The van der Waals surface area contributed by atoms with Crippen LogP contribution in [0.25, 0.3) is 0 Å². The van der Waals surface area contributed by atoms with Crippen molar-refractivity contribution < 1.29 is 39.8 Å². The molecule has 1 fully saturated rings. The third-order valence-corrected chi connectivity index (χ3v) is 18.4. The lowest BCUT2D eigenvalue weighted by Crippen LogP contribution is -2.60. The van der Waals surface area contributed by atoms with Crippen LogP contribution in [-0.4, -0.2) is 87.5 Å². The van der Waals surface area contributed by atoms with Crippen LogP contribution >= 0.6 is 0 Å². The highest BCUT2D eigenvalue weighted by molar-refractivity contribution is 5.76. The summed E-state index contributed by atoms with van der Waals surface area (Å²) in [6, 6.07) is -0.721. The van der Waals surface area contributed by atoms with Gasteiger partial charge in [0.1, 0.15) is 24.4 Å². The van der Waals surface area contributed by atoms with Crippen molar-refractivity contribution in [1.82, 2.24) is 5.32 Å². The molecule has 0 saturated carbocycles. The Bertz CT molecular complexity index is 1580. The Kier molecular flexibility index (Phi) is 64.6. The van der Waals surface area contributed by atoms with E-state index in [2.05, 4.69) is 79.9 Å². The normalized spacial score (nSPS) is 18.2. The number of rotatable bonds is 68. The standard InChI is InChI=1S/C79H147NO8/c1-3-5-7-9-11-13-15-17-19-21-23-25-27-29-31-33-34-35-36-37-38-39-40-41-43-45-47-49-51-53-55-57-59-61-63-65-67-69-75(83)80-72(71-87-79-78(86)77(85)76(84)74(70-81)88-79)73(82)68-66-64-62-60-58-56-54-52-50-48-46-44-42-32-30-28-26-24-22-20-18-16-14-12-10-8-6-4-2/h5,7,11,13,17,19,23,25,29,31,72-74,76-79,81-82,84-86H,3-4,6,8-10,12,14-16,18,20-22,24,26-28,30,32-71H2,1-2H3,(H,80,83)/b7-5-,13-11-,19-17-,25-23-,31-29-. The molecule has 1 heterocycles. The molecule has 0 aromatic heterocycles. The van der Waals surface area contributed by atoms with E-state index in [1.165, 1.54) is 283 Å². The van der Waals surface area contributed by atoms with Gasteiger partial charge in [-0.25, -0.2) is 0 Å². The van der Waals surface area contributed by atoms with Crippen molar-refractivity contribution in [3.8, 4) is 0 Å². The minimum Gasteiger partial charge on any atom is -0.394 e. The third-order valence-electron chi connectivity index (χ3n) is 18.4. The molecule has 1 amide bonds. The molecule has 1 rings (SSSR count). The highest BCUT2D eigenvalue weighted by atomic mass is 16.7. The van der Waals surface area contributed by atoms with Crippen LogP contribution in [0.1, 0.15) is 380 Å². The molecule has 0 radical (unpaired) electrons. The number of carbonyl (C=O) groups is 1. The molecule has 7 unspecified atom stereocenters. The monoisotopic (exact) mass is 1240 g/mol. The second-order valence-corrected chi connectivity index (χ2v) is 26.8. The zero-order chi connectivity index (χ0) is 63.5. The number of nitrogens with one attached hydrogen (secondary N) is 1. The predicted octanol–water partition coefficient (Wildman–Crippen LogP) is 21.7. The SMILES string of the molecule is CC/C=C\C/C=C\C/C=C\C/C=C\C/C=C\CCCCCCCCCCCCCCCCCCCCCCCC(=O)NC(COC1OC(CO)C(O)C(O)C1O)C(O)CCCCCCCCCCCCCCCCCCCCCCCCCCCCCC. The molecule has 0 spiro atoms. The van der Waals surface area contributed by atoms with E-state index in [9.17, 15) is 30.3 Å². The first-order valence-electron chi connectivity index (χ1n) is 38.5. The van der Waals surface area contributed by atoms with Crippen molar-refractivity contribution in [3.63, 3.8) is 0 Å². The number of aliphatic hydroxyl groups is 5. The lowest BCUT2D eigenvalue weighted by Gasteiger charge is -2.40. The van der Waals surface area contributed by atoms with Crippen molar-refractivity contribution in [3.05, 3.63) is 60.8 Å². The van der Waals surface area contributed by atoms with E-state index in [1.54, 1.807) is 0 Å². The molecule has 1 saturated heterocycles. The highest BCUT2D eigenvalue weighted by Gasteiger charge is 2.44. The van der Waals surface area contributed by atoms with Gasteiger partial charge in [-0.05, 0) is 57.8 Å². The molecule has 1 aliphatic rings. The number of aliphatic hydroxyl groups excluding tert-OH is 5. The van der Waals surface area contributed by atoms with Crippen LogP contribution in [-0.2, 0) is 14.3 Å². The molecule has 1 aliphatic heterocycles. The van der Waals surface area contributed by atoms with Gasteiger partial charge in [-0.1, -0.05) is 376 Å². The summed E-state index contributed by atoms with van der Waals surface area (Å²) in [5, 5.41) is 55.1. The van der Waals surface area contributed by atoms with Crippen LogP contribution in [0, 0.1) is 0 Å². The minimum atomic E-state index is -1.55. The summed E-state index contributed by atoms with van der Waals surface area (Å²) in [5.74, 6) is -0.137. The fourth-order valence-electron chi connectivity index (χ4n) is 12.4. The third kappa shape index (κ3) is 55.5. The second-order valence-electron chi connectivity index (χ2n) is 26.8. The van der Waals surface area contributed by atoms with Crippen molar-refractivity contribution in [2.45, 2.75) is 423 Å². The molecule has 9 heteroatoms. The second kappa shape index (κ2) is 67.8. The number of allylic oxidation sites excluding steroid dienone is 10. The van der Waals surface area contributed by atoms with Crippen molar-refractivity contribution >= 4 is 5.91 Å². The summed E-state index contributed by atoms with van der Waals surface area (Å²) >= 11 is 0. The molecule has 0 bridgehead atoms. The molecular weight excluding hydrogens is 1090 g/mol. The molecule has 516 valence electrons. The van der Waals surface area contributed by atoms with Crippen LogP contribution in [0.2, 0.25) is 0 Å². The fraction of sp³-hybridized carbons (Fsp3) is 0.861. The van der Waals surface area contributed by atoms with Gasteiger partial charge in [-0.15, -0.1) is 0 Å². The van der Waals surface area contributed by atoms with Crippen LogP contribution < -0.4 is 5.32 Å². The first-order chi connectivity index (χ1) is 43.3. The first kappa shape index (κ1) is 83.9. The largest absolute Gasteiger partial charge is 0.394 e. The van der Waals surface area contributed by atoms with Gasteiger partial charge in [0.2, 0.25) is 5.91 Å². The van der Waals surface area contributed by atoms with Gasteiger partial charge in [0.15, 0.2) is 6.29 Å². The van der Waals surface area contributed by atoms with E-state index in [4.69, 9.17) is 9.47 Å². The molecule has 6 N–H and O–H groups in total. The fourth-order valence-corrected chi connectivity index (χ4v) is 12.4. The van der Waals surface area contributed by atoms with Gasteiger partial charge < -0.3 is 40.3 Å². The summed E-state index contributed by atoms with van der Waals surface area (Å²) in [6.07, 6.45) is 87.4. The van der Waals surface area contributed by atoms with Gasteiger partial charge in [0.25, 0.3) is 0 Å². The van der Waals surface area contributed by atoms with Crippen molar-refractivity contribution in [1.29, 1.82) is 0 Å². The van der Waals surface area contributed by atoms with E-state index in [-0.39, 0.29) is 12.5 Å². The number of hydrogen-bond acceptors (Lipinski definition) is 8. The highest BCUT2D eigenvalue weighted by Crippen LogP contribution is 2.24. The maximum absolute atomic E-state index is 13.2. The zero-order valence-electron chi connectivity index (χ0n) is 58.0. The predicted molar refractivity (Wildman–Crippen MR) is 378 cm³/mol. The Balaban J connectivity index is 2.06. The summed E-state index contributed by atoms with van der Waals surface area (Å²) in [6.45, 7) is 3.78. The van der Waals surface area contributed by atoms with Gasteiger partial charge >= 0.3 is 0 Å². The lowest BCUT2D eigenvalue weighted by molar-refractivity contribution is -0.302. The van der Waals surface area contributed by atoms with Gasteiger partial charge in [-0.3, -0.25) is 4.79 Å².